The molecule has 5 heteroatoms. The van der Waals surface area contributed by atoms with Gasteiger partial charge < -0.3 is 16.2 Å². The zero-order valence-electron chi connectivity index (χ0n) is 12.6. The molecule has 0 radical (unpaired) electrons. The molecule has 0 bridgehead atoms. The number of nitrogens with zero attached hydrogens (tertiary/aromatic N) is 1. The summed E-state index contributed by atoms with van der Waals surface area (Å²) in [6.45, 7) is 0.789. The number of aliphatic hydroxyl groups excluding tert-OH is 1. The van der Waals surface area contributed by atoms with E-state index in [0.717, 1.165) is 36.9 Å². The van der Waals surface area contributed by atoms with E-state index in [9.17, 15) is 9.90 Å². The molecule has 1 aromatic carbocycles. The van der Waals surface area contributed by atoms with Crippen molar-refractivity contribution in [2.24, 2.45) is 5.73 Å². The lowest BCUT2D eigenvalue weighted by atomic mass is 9.91. The fourth-order valence-corrected chi connectivity index (χ4v) is 2.87. The predicted octanol–water partition coefficient (Wildman–Crippen LogP) is 1.32. The largest absolute Gasteiger partial charge is 0.391 e. The van der Waals surface area contributed by atoms with E-state index >= 15 is 0 Å². The molecular formula is C16H25N3O2. The number of carbonyl (C=O) groups excluding carboxylic acids is 1. The Labute approximate surface area is 126 Å². The SMILES string of the molecule is CN(CC(=O)Nc1ccc(CN)cc1)C1CCCCC1O. The minimum Gasteiger partial charge on any atom is -0.391 e. The summed E-state index contributed by atoms with van der Waals surface area (Å²) in [5, 5.41) is 12.9. The van der Waals surface area contributed by atoms with Crippen molar-refractivity contribution in [2.75, 3.05) is 18.9 Å². The van der Waals surface area contributed by atoms with Gasteiger partial charge in [-0.25, -0.2) is 0 Å². The molecule has 116 valence electrons. The second-order valence-electron chi connectivity index (χ2n) is 5.78. The highest BCUT2D eigenvalue weighted by molar-refractivity contribution is 5.92. The van der Waals surface area contributed by atoms with Crippen LogP contribution < -0.4 is 11.1 Å². The molecule has 0 aromatic heterocycles. The Morgan fingerprint density at radius 1 is 1.33 bits per heavy atom. The monoisotopic (exact) mass is 291 g/mol. The van der Waals surface area contributed by atoms with E-state index in [4.69, 9.17) is 5.73 Å². The van der Waals surface area contributed by atoms with Gasteiger partial charge in [-0.05, 0) is 37.6 Å². The van der Waals surface area contributed by atoms with Crippen molar-refractivity contribution in [1.82, 2.24) is 4.90 Å². The molecule has 2 unspecified atom stereocenters. The molecule has 1 saturated carbocycles. The second kappa shape index (κ2) is 7.54. The Balaban J connectivity index is 1.85. The standard InChI is InChI=1S/C16H25N3O2/c1-19(14-4-2-3-5-15(14)20)11-16(21)18-13-8-6-12(10-17)7-9-13/h6-9,14-15,20H,2-5,10-11,17H2,1H3,(H,18,21). The van der Waals surface area contributed by atoms with Gasteiger partial charge in [0.25, 0.3) is 0 Å². The first-order chi connectivity index (χ1) is 10.1. The van der Waals surface area contributed by atoms with E-state index in [0.29, 0.717) is 13.1 Å². The molecule has 1 amide bonds. The fraction of sp³-hybridized carbons (Fsp3) is 0.562. The van der Waals surface area contributed by atoms with Gasteiger partial charge in [0.15, 0.2) is 0 Å². The summed E-state index contributed by atoms with van der Waals surface area (Å²) >= 11 is 0. The van der Waals surface area contributed by atoms with Gasteiger partial charge in [-0.3, -0.25) is 9.69 Å². The molecule has 21 heavy (non-hydrogen) atoms. The van der Waals surface area contributed by atoms with Crippen LogP contribution >= 0.6 is 0 Å². The van der Waals surface area contributed by atoms with Crippen LogP contribution in [0.1, 0.15) is 31.2 Å². The molecule has 0 saturated heterocycles. The lowest BCUT2D eigenvalue weighted by molar-refractivity contribution is -0.118. The molecule has 5 nitrogen and oxygen atoms in total. The van der Waals surface area contributed by atoms with Crippen LogP contribution in [0.5, 0.6) is 0 Å². The first-order valence-corrected chi connectivity index (χ1v) is 7.57. The molecule has 0 spiro atoms. The molecule has 0 aliphatic heterocycles. The highest BCUT2D eigenvalue weighted by Crippen LogP contribution is 2.22. The minimum absolute atomic E-state index is 0.0595. The Kier molecular flexibility index (Phi) is 5.73. The number of likely N-dealkylation sites (N-methyl/N-ethyl adjacent to an activating group) is 1. The number of hydrogen-bond acceptors (Lipinski definition) is 4. The summed E-state index contributed by atoms with van der Waals surface area (Å²) < 4.78 is 0. The van der Waals surface area contributed by atoms with Gasteiger partial charge in [0.2, 0.25) is 5.91 Å². The van der Waals surface area contributed by atoms with E-state index in [2.05, 4.69) is 5.32 Å². The maximum absolute atomic E-state index is 12.1. The van der Waals surface area contributed by atoms with Crippen LogP contribution in [0, 0.1) is 0 Å². The summed E-state index contributed by atoms with van der Waals surface area (Å²) in [5.74, 6) is -0.0595. The van der Waals surface area contributed by atoms with Gasteiger partial charge in [0.05, 0.1) is 12.6 Å². The Bertz CT molecular complexity index is 461. The summed E-state index contributed by atoms with van der Waals surface area (Å²) in [6.07, 6.45) is 3.66. The van der Waals surface area contributed by atoms with E-state index in [-0.39, 0.29) is 18.1 Å². The third kappa shape index (κ3) is 4.52. The number of benzene rings is 1. The average Bonchev–Trinajstić information content (AvgIpc) is 2.48. The van der Waals surface area contributed by atoms with Gasteiger partial charge in [-0.2, -0.15) is 0 Å². The average molecular weight is 291 g/mol. The van der Waals surface area contributed by atoms with Crippen molar-refractivity contribution >= 4 is 11.6 Å². The molecule has 1 aliphatic rings. The number of rotatable bonds is 5. The van der Waals surface area contributed by atoms with Crippen molar-refractivity contribution in [3.05, 3.63) is 29.8 Å². The highest BCUT2D eigenvalue weighted by Gasteiger charge is 2.27. The van der Waals surface area contributed by atoms with Crippen LogP contribution in [-0.4, -0.2) is 41.7 Å². The molecule has 0 heterocycles. The van der Waals surface area contributed by atoms with Gasteiger partial charge in [-0.15, -0.1) is 0 Å². The van der Waals surface area contributed by atoms with E-state index in [1.54, 1.807) is 0 Å². The molecule has 1 aromatic rings. The quantitative estimate of drug-likeness (QED) is 0.764. The first-order valence-electron chi connectivity index (χ1n) is 7.57. The summed E-state index contributed by atoms with van der Waals surface area (Å²) in [4.78, 5) is 14.0. The lowest BCUT2D eigenvalue weighted by Gasteiger charge is -2.34. The van der Waals surface area contributed by atoms with Crippen molar-refractivity contribution in [1.29, 1.82) is 0 Å². The van der Waals surface area contributed by atoms with Crippen LogP contribution in [0.2, 0.25) is 0 Å². The van der Waals surface area contributed by atoms with E-state index < -0.39 is 0 Å². The number of amides is 1. The number of nitrogens with one attached hydrogen (secondary N) is 1. The summed E-state index contributed by atoms with van der Waals surface area (Å²) in [7, 11) is 1.90. The Hall–Kier alpha value is -1.43. The number of nitrogens with two attached hydrogens (primary N) is 1. The van der Waals surface area contributed by atoms with Gasteiger partial charge in [-0.1, -0.05) is 25.0 Å². The van der Waals surface area contributed by atoms with Crippen LogP contribution in [-0.2, 0) is 11.3 Å². The topological polar surface area (TPSA) is 78.6 Å². The lowest BCUT2D eigenvalue weighted by Crippen LogP contribution is -2.46. The number of aliphatic hydroxyl groups is 1. The summed E-state index contributed by atoms with van der Waals surface area (Å²) in [5.41, 5.74) is 7.36. The van der Waals surface area contributed by atoms with E-state index in [1.165, 1.54) is 0 Å². The van der Waals surface area contributed by atoms with Crippen LogP contribution in [0.25, 0.3) is 0 Å². The Morgan fingerprint density at radius 2 is 2.00 bits per heavy atom. The third-order valence-corrected chi connectivity index (χ3v) is 4.13. The molecule has 2 rings (SSSR count). The van der Waals surface area contributed by atoms with Gasteiger partial charge in [0.1, 0.15) is 0 Å². The third-order valence-electron chi connectivity index (χ3n) is 4.13. The van der Waals surface area contributed by atoms with E-state index in [1.807, 2.05) is 36.2 Å². The smallest absolute Gasteiger partial charge is 0.238 e. The Morgan fingerprint density at radius 3 is 2.62 bits per heavy atom. The van der Waals surface area contributed by atoms with Gasteiger partial charge in [0, 0.05) is 18.3 Å². The number of carbonyl (C=O) groups is 1. The van der Waals surface area contributed by atoms with Crippen molar-refractivity contribution < 1.29 is 9.90 Å². The van der Waals surface area contributed by atoms with Crippen LogP contribution in [0.4, 0.5) is 5.69 Å². The van der Waals surface area contributed by atoms with Crippen molar-refractivity contribution in [2.45, 2.75) is 44.4 Å². The molecule has 1 fully saturated rings. The molecule has 2 atom stereocenters. The second-order valence-corrected chi connectivity index (χ2v) is 5.78. The molecular weight excluding hydrogens is 266 g/mol. The minimum atomic E-state index is -0.319. The fourth-order valence-electron chi connectivity index (χ4n) is 2.87. The number of hydrogen-bond donors (Lipinski definition) is 3. The zero-order valence-corrected chi connectivity index (χ0v) is 12.6. The molecule has 4 N–H and O–H groups in total. The van der Waals surface area contributed by atoms with Crippen molar-refractivity contribution in [3.63, 3.8) is 0 Å². The molecule has 1 aliphatic carbocycles. The predicted molar refractivity (Wildman–Crippen MR) is 83.9 cm³/mol. The van der Waals surface area contributed by atoms with Gasteiger partial charge >= 0.3 is 0 Å². The van der Waals surface area contributed by atoms with Crippen molar-refractivity contribution in [3.8, 4) is 0 Å². The maximum atomic E-state index is 12.1. The first kappa shape index (κ1) is 15.9. The normalized spacial score (nSPS) is 22.3. The van der Waals surface area contributed by atoms with Crippen LogP contribution in [0.15, 0.2) is 24.3 Å². The highest BCUT2D eigenvalue weighted by atomic mass is 16.3. The summed E-state index contributed by atoms with van der Waals surface area (Å²) in [6, 6.07) is 7.61. The number of anilines is 1. The van der Waals surface area contributed by atoms with Crippen LogP contribution in [0.3, 0.4) is 0 Å². The zero-order chi connectivity index (χ0) is 15.2. The maximum Gasteiger partial charge on any atom is 0.238 e.